The molecule has 1 N–H and O–H groups in total. The number of aromatic nitrogens is 1. The molecule has 0 atom stereocenters. The second-order valence-corrected chi connectivity index (χ2v) is 8.19. The van der Waals surface area contributed by atoms with Gasteiger partial charge in [-0.3, -0.25) is 4.72 Å². The fourth-order valence-electron chi connectivity index (χ4n) is 2.95. The van der Waals surface area contributed by atoms with Crippen LogP contribution in [0.3, 0.4) is 0 Å². The average Bonchev–Trinajstić information content (AvgIpc) is 3.29. The van der Waals surface area contributed by atoms with Crippen LogP contribution in [0.4, 0.5) is 14.5 Å². The second kappa shape index (κ2) is 9.09. The summed E-state index contributed by atoms with van der Waals surface area (Å²) in [5, 5.41) is 0. The largest absolute Gasteiger partial charge is 0.445 e. The molecule has 0 radical (unpaired) electrons. The smallest absolute Gasteiger partial charge is 0.267 e. The average molecular weight is 442 g/mol. The third kappa shape index (κ3) is 4.80. The number of sulfonamides is 1. The number of benzene rings is 2. The number of halogens is 2. The lowest BCUT2D eigenvalue weighted by Crippen LogP contribution is -2.16. The maximum Gasteiger partial charge on any atom is 0.267 e. The van der Waals surface area contributed by atoms with Crippen LogP contribution < -0.4 is 4.72 Å². The molecule has 0 aliphatic carbocycles. The molecule has 5 nitrogen and oxygen atoms in total. The highest BCUT2D eigenvalue weighted by Crippen LogP contribution is 2.31. The van der Waals surface area contributed by atoms with Gasteiger partial charge in [-0.1, -0.05) is 30.9 Å². The van der Waals surface area contributed by atoms with Crippen LogP contribution >= 0.6 is 0 Å². The fraction of sp³-hybridized carbons (Fsp3) is 0.0870. The third-order valence-corrected chi connectivity index (χ3v) is 5.93. The molecular weight excluding hydrogens is 422 g/mol. The van der Waals surface area contributed by atoms with E-state index in [1.54, 1.807) is 18.3 Å². The first-order chi connectivity index (χ1) is 14.8. The monoisotopic (exact) mass is 442 g/mol. The first-order valence-electron chi connectivity index (χ1n) is 9.25. The predicted octanol–water partition coefficient (Wildman–Crippen LogP) is 6.30. The first kappa shape index (κ1) is 22.2. The van der Waals surface area contributed by atoms with E-state index in [-0.39, 0.29) is 5.69 Å². The van der Waals surface area contributed by atoms with Gasteiger partial charge in [-0.25, -0.2) is 22.2 Å². The molecule has 2 aromatic carbocycles. The molecule has 0 bridgehead atoms. The summed E-state index contributed by atoms with van der Waals surface area (Å²) in [5.74, 6) is -2.00. The Morgan fingerprint density at radius 2 is 1.81 bits per heavy atom. The van der Waals surface area contributed by atoms with E-state index in [1.807, 2.05) is 25.1 Å². The lowest BCUT2D eigenvalue weighted by molar-refractivity contribution is 0.574. The topological polar surface area (TPSA) is 72.2 Å². The fourth-order valence-corrected chi connectivity index (χ4v) is 4.21. The van der Waals surface area contributed by atoms with E-state index >= 15 is 0 Å². The summed E-state index contributed by atoms with van der Waals surface area (Å²) < 4.78 is 60.6. The van der Waals surface area contributed by atoms with Gasteiger partial charge in [0.25, 0.3) is 10.0 Å². The Bertz CT molecular complexity index is 1260. The number of allylic oxidation sites excluding steroid dienone is 4. The molecule has 8 heteroatoms. The SMILES string of the molecule is C=C/C(F)=C(\C(F)=C/C)S(=O)(=O)Nc1ccc(-c2cc(-c3ncco3)ccc2C)cc1. The van der Waals surface area contributed by atoms with Gasteiger partial charge < -0.3 is 4.42 Å². The van der Waals surface area contributed by atoms with Gasteiger partial charge in [-0.15, -0.1) is 0 Å². The molecule has 160 valence electrons. The standard InChI is InChI=1S/C23H20F2N2O3S/c1-4-20(24)22(21(25)5-2)31(28,29)27-18-10-8-16(9-11-18)19-14-17(7-6-15(19)3)23-26-12-13-30-23/h4-14,27H,1H2,2-3H3/b21-5+,22-20-. The molecule has 0 saturated heterocycles. The molecule has 0 spiro atoms. The Labute approximate surface area is 179 Å². The van der Waals surface area contributed by atoms with Crippen LogP contribution in [-0.2, 0) is 10.0 Å². The van der Waals surface area contributed by atoms with Gasteiger partial charge in [0.05, 0.1) is 6.20 Å². The Kier molecular flexibility index (Phi) is 6.50. The van der Waals surface area contributed by atoms with Crippen LogP contribution in [0.5, 0.6) is 0 Å². The quantitative estimate of drug-likeness (QED) is 0.436. The number of hydrogen-bond acceptors (Lipinski definition) is 4. The number of rotatable bonds is 7. The molecule has 0 unspecified atom stereocenters. The minimum atomic E-state index is -4.50. The van der Waals surface area contributed by atoms with Crippen molar-refractivity contribution >= 4 is 15.7 Å². The minimum Gasteiger partial charge on any atom is -0.445 e. The molecule has 31 heavy (non-hydrogen) atoms. The Balaban J connectivity index is 1.92. The van der Waals surface area contributed by atoms with Crippen LogP contribution in [0.2, 0.25) is 0 Å². The van der Waals surface area contributed by atoms with Gasteiger partial charge in [0.1, 0.15) is 17.9 Å². The highest BCUT2D eigenvalue weighted by atomic mass is 32.2. The van der Waals surface area contributed by atoms with Crippen molar-refractivity contribution in [3.05, 3.63) is 95.8 Å². The molecule has 0 aliphatic heterocycles. The van der Waals surface area contributed by atoms with Gasteiger partial charge in [0.15, 0.2) is 4.91 Å². The van der Waals surface area contributed by atoms with Crippen LogP contribution in [-0.4, -0.2) is 13.4 Å². The van der Waals surface area contributed by atoms with Gasteiger partial charge >= 0.3 is 0 Å². The summed E-state index contributed by atoms with van der Waals surface area (Å²) in [5.41, 5.74) is 3.68. The Hall–Kier alpha value is -3.52. The number of hydrogen-bond donors (Lipinski definition) is 1. The van der Waals surface area contributed by atoms with E-state index in [9.17, 15) is 17.2 Å². The molecule has 0 saturated carbocycles. The van der Waals surface area contributed by atoms with Crippen LogP contribution in [0, 0.1) is 6.92 Å². The van der Waals surface area contributed by atoms with Gasteiger partial charge in [-0.05, 0) is 60.9 Å². The van der Waals surface area contributed by atoms with Crippen molar-refractivity contribution in [2.45, 2.75) is 13.8 Å². The molecule has 1 heterocycles. The van der Waals surface area contributed by atoms with Crippen molar-refractivity contribution in [3.8, 4) is 22.6 Å². The minimum absolute atomic E-state index is 0.156. The van der Waals surface area contributed by atoms with E-state index in [1.165, 1.54) is 25.3 Å². The predicted molar refractivity (Wildman–Crippen MR) is 118 cm³/mol. The maximum atomic E-state index is 14.0. The summed E-state index contributed by atoms with van der Waals surface area (Å²) >= 11 is 0. The van der Waals surface area contributed by atoms with E-state index in [4.69, 9.17) is 4.42 Å². The Morgan fingerprint density at radius 1 is 1.13 bits per heavy atom. The number of oxazole rings is 1. The zero-order chi connectivity index (χ0) is 22.6. The van der Waals surface area contributed by atoms with Crippen LogP contribution in [0.15, 0.2) is 94.6 Å². The Morgan fingerprint density at radius 3 is 2.39 bits per heavy atom. The van der Waals surface area contributed by atoms with Crippen molar-refractivity contribution in [3.63, 3.8) is 0 Å². The van der Waals surface area contributed by atoms with E-state index in [2.05, 4.69) is 16.3 Å². The van der Waals surface area contributed by atoms with Crippen molar-refractivity contribution in [1.29, 1.82) is 0 Å². The summed E-state index contributed by atoms with van der Waals surface area (Å²) in [7, 11) is -4.50. The maximum absolute atomic E-state index is 14.0. The van der Waals surface area contributed by atoms with E-state index < -0.39 is 26.6 Å². The second-order valence-electron chi connectivity index (χ2n) is 6.57. The number of nitrogens with zero attached hydrogens (tertiary/aromatic N) is 1. The van der Waals surface area contributed by atoms with Gasteiger partial charge in [-0.2, -0.15) is 0 Å². The zero-order valence-corrected chi connectivity index (χ0v) is 17.7. The molecule has 0 aliphatic rings. The summed E-state index contributed by atoms with van der Waals surface area (Å²) in [4.78, 5) is 3.05. The number of aryl methyl sites for hydroxylation is 1. The molecular formula is C23H20F2N2O3S. The van der Waals surface area contributed by atoms with Gasteiger partial charge in [0, 0.05) is 11.3 Å². The molecule has 3 rings (SSSR count). The van der Waals surface area contributed by atoms with Gasteiger partial charge in [0.2, 0.25) is 5.89 Å². The van der Waals surface area contributed by atoms with Crippen molar-refractivity contribution in [1.82, 2.24) is 4.98 Å². The summed E-state index contributed by atoms with van der Waals surface area (Å²) in [6.45, 7) is 6.38. The number of anilines is 1. The van der Waals surface area contributed by atoms with Crippen LogP contribution in [0.1, 0.15) is 12.5 Å². The molecule has 3 aromatic rings. The zero-order valence-electron chi connectivity index (χ0n) is 16.9. The van der Waals surface area contributed by atoms with Crippen molar-refractivity contribution in [2.75, 3.05) is 4.72 Å². The molecule has 0 fully saturated rings. The highest BCUT2D eigenvalue weighted by molar-refractivity contribution is 7.96. The van der Waals surface area contributed by atoms with E-state index in [0.717, 1.165) is 28.3 Å². The van der Waals surface area contributed by atoms with Crippen molar-refractivity contribution in [2.24, 2.45) is 0 Å². The molecule has 0 amide bonds. The lowest BCUT2D eigenvalue weighted by Gasteiger charge is -2.12. The highest BCUT2D eigenvalue weighted by Gasteiger charge is 2.26. The van der Waals surface area contributed by atoms with Crippen molar-refractivity contribution < 1.29 is 21.6 Å². The molecule has 1 aromatic heterocycles. The normalized spacial score (nSPS) is 13.0. The van der Waals surface area contributed by atoms with Crippen LogP contribution in [0.25, 0.3) is 22.6 Å². The summed E-state index contributed by atoms with van der Waals surface area (Å²) in [6, 6.07) is 12.2. The van der Waals surface area contributed by atoms with E-state index in [0.29, 0.717) is 12.0 Å². The third-order valence-electron chi connectivity index (χ3n) is 4.50. The lowest BCUT2D eigenvalue weighted by atomic mass is 9.98. The summed E-state index contributed by atoms with van der Waals surface area (Å²) in [6.07, 6.45) is 4.56. The first-order valence-corrected chi connectivity index (χ1v) is 10.7. The number of nitrogens with one attached hydrogen (secondary N) is 1.